The minimum Gasteiger partial charge on any atom is -0.326 e. The van der Waals surface area contributed by atoms with Gasteiger partial charge in [-0.25, -0.2) is 8.42 Å². The minimum atomic E-state index is -3.65. The van der Waals surface area contributed by atoms with Gasteiger partial charge in [0.05, 0.1) is 16.8 Å². The van der Waals surface area contributed by atoms with Crippen LogP contribution in [0.15, 0.2) is 41.6 Å². The van der Waals surface area contributed by atoms with Crippen molar-refractivity contribution in [1.82, 2.24) is 9.78 Å². The Hall–Kier alpha value is -1.86. The fraction of sp³-hybridized carbons (Fsp3) is 0.308. The van der Waals surface area contributed by atoms with Crippen molar-refractivity contribution in [2.45, 2.75) is 31.3 Å². The van der Waals surface area contributed by atoms with Crippen LogP contribution in [-0.2, 0) is 16.6 Å². The molecule has 0 aliphatic carbocycles. The maximum atomic E-state index is 12.4. The second-order valence-electron chi connectivity index (χ2n) is 4.72. The van der Waals surface area contributed by atoms with Gasteiger partial charge in [-0.3, -0.25) is 9.40 Å². The van der Waals surface area contributed by atoms with Crippen LogP contribution in [0, 0.1) is 0 Å². The molecule has 0 amide bonds. The fourth-order valence-corrected chi connectivity index (χ4v) is 3.10. The van der Waals surface area contributed by atoms with Gasteiger partial charge in [-0.15, -0.1) is 0 Å². The van der Waals surface area contributed by atoms with Crippen LogP contribution in [0.2, 0.25) is 0 Å². The van der Waals surface area contributed by atoms with Crippen molar-refractivity contribution in [2.75, 3.05) is 4.72 Å². The second kappa shape index (κ2) is 5.64. The summed E-state index contributed by atoms with van der Waals surface area (Å²) in [6.45, 7) is 4.10. The highest BCUT2D eigenvalue weighted by atomic mass is 32.2. The Morgan fingerprint density at radius 3 is 2.65 bits per heavy atom. The van der Waals surface area contributed by atoms with Gasteiger partial charge in [0.2, 0.25) is 0 Å². The SMILES string of the molecule is CC(C)n1cc(NS(=O)(=O)c2ccccc2CN)cn1. The summed E-state index contributed by atoms with van der Waals surface area (Å²) in [4.78, 5) is 0.194. The van der Waals surface area contributed by atoms with E-state index in [0.717, 1.165) is 0 Å². The fourth-order valence-electron chi connectivity index (χ4n) is 1.82. The van der Waals surface area contributed by atoms with Gasteiger partial charge >= 0.3 is 0 Å². The van der Waals surface area contributed by atoms with E-state index in [9.17, 15) is 8.42 Å². The van der Waals surface area contributed by atoms with Crippen molar-refractivity contribution in [3.8, 4) is 0 Å². The third kappa shape index (κ3) is 3.00. The molecule has 20 heavy (non-hydrogen) atoms. The lowest BCUT2D eigenvalue weighted by Gasteiger charge is -2.10. The van der Waals surface area contributed by atoms with Gasteiger partial charge in [-0.2, -0.15) is 5.10 Å². The molecule has 0 radical (unpaired) electrons. The third-order valence-corrected chi connectivity index (χ3v) is 4.35. The zero-order valence-corrected chi connectivity index (χ0v) is 12.3. The van der Waals surface area contributed by atoms with Crippen molar-refractivity contribution >= 4 is 15.7 Å². The first kappa shape index (κ1) is 14.5. The summed E-state index contributed by atoms with van der Waals surface area (Å²) in [5, 5.41) is 4.10. The Balaban J connectivity index is 2.31. The van der Waals surface area contributed by atoms with Crippen LogP contribution in [0.5, 0.6) is 0 Å². The van der Waals surface area contributed by atoms with E-state index in [-0.39, 0.29) is 17.5 Å². The molecule has 0 spiro atoms. The van der Waals surface area contributed by atoms with E-state index in [2.05, 4.69) is 9.82 Å². The van der Waals surface area contributed by atoms with Crippen molar-refractivity contribution in [3.63, 3.8) is 0 Å². The lowest BCUT2D eigenvalue weighted by Crippen LogP contribution is -2.16. The lowest BCUT2D eigenvalue weighted by atomic mass is 10.2. The van der Waals surface area contributed by atoms with E-state index in [1.165, 1.54) is 12.3 Å². The molecule has 1 aromatic heterocycles. The molecule has 0 bridgehead atoms. The molecule has 6 nitrogen and oxygen atoms in total. The summed E-state index contributed by atoms with van der Waals surface area (Å²) in [5.41, 5.74) is 6.59. The molecule has 0 saturated carbocycles. The number of sulfonamides is 1. The van der Waals surface area contributed by atoms with Crippen LogP contribution in [0.25, 0.3) is 0 Å². The Labute approximate surface area is 118 Å². The molecule has 0 fully saturated rings. The molecule has 3 N–H and O–H groups in total. The zero-order valence-electron chi connectivity index (χ0n) is 11.4. The van der Waals surface area contributed by atoms with Crippen LogP contribution in [0.4, 0.5) is 5.69 Å². The van der Waals surface area contributed by atoms with E-state index in [1.54, 1.807) is 29.1 Å². The molecule has 2 aromatic rings. The lowest BCUT2D eigenvalue weighted by molar-refractivity contribution is 0.532. The highest BCUT2D eigenvalue weighted by Gasteiger charge is 2.18. The van der Waals surface area contributed by atoms with Gasteiger partial charge in [0, 0.05) is 18.8 Å². The van der Waals surface area contributed by atoms with Gasteiger partial charge in [-0.05, 0) is 25.5 Å². The number of hydrogen-bond donors (Lipinski definition) is 2. The van der Waals surface area contributed by atoms with E-state index in [1.807, 2.05) is 13.8 Å². The third-order valence-electron chi connectivity index (χ3n) is 2.86. The summed E-state index contributed by atoms with van der Waals surface area (Å²) < 4.78 is 28.9. The molecule has 0 atom stereocenters. The van der Waals surface area contributed by atoms with E-state index in [0.29, 0.717) is 11.3 Å². The average Bonchev–Trinajstić information content (AvgIpc) is 2.86. The van der Waals surface area contributed by atoms with E-state index >= 15 is 0 Å². The van der Waals surface area contributed by atoms with Crippen molar-refractivity contribution in [2.24, 2.45) is 5.73 Å². The number of anilines is 1. The molecule has 0 saturated heterocycles. The van der Waals surface area contributed by atoms with Crippen LogP contribution < -0.4 is 10.5 Å². The van der Waals surface area contributed by atoms with Gasteiger partial charge in [0.15, 0.2) is 0 Å². The second-order valence-corrected chi connectivity index (χ2v) is 6.37. The van der Waals surface area contributed by atoms with Crippen LogP contribution in [-0.4, -0.2) is 18.2 Å². The molecule has 0 aliphatic heterocycles. The normalized spacial score (nSPS) is 11.8. The van der Waals surface area contributed by atoms with Gasteiger partial charge in [0.25, 0.3) is 10.0 Å². The summed E-state index contributed by atoms with van der Waals surface area (Å²) in [5.74, 6) is 0. The largest absolute Gasteiger partial charge is 0.326 e. The summed E-state index contributed by atoms with van der Waals surface area (Å²) >= 11 is 0. The maximum absolute atomic E-state index is 12.4. The number of aromatic nitrogens is 2. The van der Waals surface area contributed by atoms with E-state index < -0.39 is 10.0 Å². The summed E-state index contributed by atoms with van der Waals surface area (Å²) in [7, 11) is -3.65. The number of rotatable bonds is 5. The standard InChI is InChI=1S/C13H18N4O2S/c1-10(2)17-9-12(8-15-17)16-20(18,19)13-6-4-3-5-11(13)7-14/h3-6,8-10,16H,7,14H2,1-2H3. The molecule has 108 valence electrons. The Kier molecular flexibility index (Phi) is 4.10. The van der Waals surface area contributed by atoms with Gasteiger partial charge < -0.3 is 5.73 Å². The van der Waals surface area contributed by atoms with Crippen molar-refractivity contribution in [3.05, 3.63) is 42.2 Å². The topological polar surface area (TPSA) is 90.0 Å². The minimum absolute atomic E-state index is 0.169. The van der Waals surface area contributed by atoms with Gasteiger partial charge in [0.1, 0.15) is 0 Å². The molecule has 7 heteroatoms. The smallest absolute Gasteiger partial charge is 0.262 e. The molecule has 0 aliphatic rings. The monoisotopic (exact) mass is 294 g/mol. The maximum Gasteiger partial charge on any atom is 0.262 e. The predicted octanol–water partition coefficient (Wildman–Crippen LogP) is 1.72. The molecule has 0 unspecified atom stereocenters. The van der Waals surface area contributed by atoms with Crippen molar-refractivity contribution in [1.29, 1.82) is 0 Å². The number of benzene rings is 1. The predicted molar refractivity (Wildman–Crippen MR) is 77.8 cm³/mol. The van der Waals surface area contributed by atoms with E-state index in [4.69, 9.17) is 5.73 Å². The molecule has 1 aromatic carbocycles. The highest BCUT2D eigenvalue weighted by Crippen LogP contribution is 2.19. The van der Waals surface area contributed by atoms with Gasteiger partial charge in [-0.1, -0.05) is 18.2 Å². The molecular weight excluding hydrogens is 276 g/mol. The first-order valence-electron chi connectivity index (χ1n) is 6.29. The van der Waals surface area contributed by atoms with Crippen LogP contribution in [0.3, 0.4) is 0 Å². The summed E-state index contributed by atoms with van der Waals surface area (Å²) in [6, 6.07) is 6.84. The van der Waals surface area contributed by atoms with Crippen LogP contribution in [0.1, 0.15) is 25.5 Å². The Bertz CT molecular complexity index is 692. The first-order chi connectivity index (χ1) is 9.44. The quantitative estimate of drug-likeness (QED) is 0.878. The number of nitrogens with one attached hydrogen (secondary N) is 1. The first-order valence-corrected chi connectivity index (χ1v) is 7.77. The zero-order chi connectivity index (χ0) is 14.8. The Morgan fingerprint density at radius 1 is 1.35 bits per heavy atom. The van der Waals surface area contributed by atoms with Crippen LogP contribution >= 0.6 is 0 Å². The molecule has 1 heterocycles. The van der Waals surface area contributed by atoms with Crippen molar-refractivity contribution < 1.29 is 8.42 Å². The Morgan fingerprint density at radius 2 is 2.05 bits per heavy atom. The highest BCUT2D eigenvalue weighted by molar-refractivity contribution is 7.92. The number of hydrogen-bond acceptors (Lipinski definition) is 4. The molecule has 2 rings (SSSR count). The molecular formula is C13H18N4O2S. The number of nitrogens with zero attached hydrogens (tertiary/aromatic N) is 2. The average molecular weight is 294 g/mol. The number of nitrogens with two attached hydrogens (primary N) is 1. The summed E-state index contributed by atoms with van der Waals surface area (Å²) in [6.07, 6.45) is 3.15.